The largest absolute Gasteiger partial charge is 0.353 e. The summed E-state index contributed by atoms with van der Waals surface area (Å²) in [5, 5.41) is 19.6. The van der Waals surface area contributed by atoms with Crippen molar-refractivity contribution in [3.8, 4) is 12.1 Å². The minimum absolute atomic E-state index is 0.241. The summed E-state index contributed by atoms with van der Waals surface area (Å²) in [5.41, 5.74) is 4.11. The van der Waals surface area contributed by atoms with Crippen molar-refractivity contribution in [2.75, 3.05) is 18.0 Å². The van der Waals surface area contributed by atoms with Crippen molar-refractivity contribution in [2.45, 2.75) is 25.8 Å². The Morgan fingerprint density at radius 2 is 2.00 bits per heavy atom. The van der Waals surface area contributed by atoms with Gasteiger partial charge in [-0.25, -0.2) is 9.97 Å². The molecule has 29 heavy (non-hydrogen) atoms. The van der Waals surface area contributed by atoms with E-state index in [-0.39, 0.29) is 6.04 Å². The highest BCUT2D eigenvalue weighted by Crippen LogP contribution is 2.38. The molecule has 0 amide bonds. The lowest BCUT2D eigenvalue weighted by atomic mass is 9.92. The van der Waals surface area contributed by atoms with Crippen LogP contribution in [0.1, 0.15) is 36.3 Å². The molecular formula is C22H19N7. The maximum Gasteiger partial charge on any atom is 0.158 e. The predicted octanol–water partition coefficient (Wildman–Crippen LogP) is 3.25. The van der Waals surface area contributed by atoms with Crippen LogP contribution in [0.15, 0.2) is 36.9 Å². The molecule has 1 fully saturated rings. The van der Waals surface area contributed by atoms with Crippen LogP contribution in [0.3, 0.4) is 0 Å². The van der Waals surface area contributed by atoms with Gasteiger partial charge in [-0.2, -0.15) is 10.5 Å². The van der Waals surface area contributed by atoms with Crippen molar-refractivity contribution in [3.63, 3.8) is 0 Å². The van der Waals surface area contributed by atoms with Crippen LogP contribution in [0.5, 0.6) is 0 Å². The number of hydrogen-bond donors (Lipinski definition) is 0. The maximum absolute atomic E-state index is 9.59. The molecule has 4 heterocycles. The van der Waals surface area contributed by atoms with E-state index in [4.69, 9.17) is 5.26 Å². The van der Waals surface area contributed by atoms with Crippen LogP contribution in [0, 0.1) is 28.6 Å². The fraction of sp³-hybridized carbons (Fsp3) is 0.318. The summed E-state index contributed by atoms with van der Waals surface area (Å²) in [6.07, 6.45) is 10.9. The normalized spacial score (nSPS) is 20.8. The highest BCUT2D eigenvalue weighted by atomic mass is 15.2. The number of nitrogens with zero attached hydrogens (tertiary/aromatic N) is 7. The van der Waals surface area contributed by atoms with Crippen molar-refractivity contribution < 1.29 is 0 Å². The average molecular weight is 381 g/mol. The Hall–Kier alpha value is -3.71. The van der Waals surface area contributed by atoms with E-state index in [0.29, 0.717) is 18.0 Å². The molecule has 7 heteroatoms. The fourth-order valence-electron chi connectivity index (χ4n) is 4.47. The third-order valence-electron chi connectivity index (χ3n) is 6.07. The van der Waals surface area contributed by atoms with Crippen LogP contribution < -0.4 is 4.90 Å². The first-order chi connectivity index (χ1) is 14.2. The number of aromatic nitrogens is 4. The molecule has 3 aromatic rings. The summed E-state index contributed by atoms with van der Waals surface area (Å²) >= 11 is 0. The molecule has 0 unspecified atom stereocenters. The summed E-state index contributed by atoms with van der Waals surface area (Å²) in [4.78, 5) is 15.4. The fourth-order valence-corrected chi connectivity index (χ4v) is 4.47. The van der Waals surface area contributed by atoms with Gasteiger partial charge in [0.25, 0.3) is 0 Å². The number of anilines is 1. The molecule has 2 aliphatic rings. The van der Waals surface area contributed by atoms with Gasteiger partial charge >= 0.3 is 0 Å². The first-order valence-electron chi connectivity index (χ1n) is 9.75. The number of fused-ring (bicyclic) bond motifs is 3. The Bertz CT molecular complexity index is 1210. The third kappa shape index (κ3) is 2.75. The van der Waals surface area contributed by atoms with Gasteiger partial charge in [0.1, 0.15) is 11.9 Å². The Labute approximate surface area is 168 Å². The molecule has 0 aromatic carbocycles. The highest BCUT2D eigenvalue weighted by molar-refractivity contribution is 5.97. The monoisotopic (exact) mass is 381 g/mol. The molecule has 0 N–H and O–H groups in total. The van der Waals surface area contributed by atoms with Gasteiger partial charge < -0.3 is 9.47 Å². The van der Waals surface area contributed by atoms with E-state index in [1.54, 1.807) is 6.20 Å². The summed E-state index contributed by atoms with van der Waals surface area (Å²) in [5.74, 6) is 1.27. The van der Waals surface area contributed by atoms with Crippen LogP contribution in [0.25, 0.3) is 16.5 Å². The number of hydrogen-bond acceptors (Lipinski definition) is 6. The predicted molar refractivity (Wildman–Crippen MR) is 109 cm³/mol. The molecule has 0 radical (unpaired) electrons. The number of piperidine rings is 1. The molecule has 142 valence electrons. The number of allylic oxidation sites excluding steroid dienone is 2. The topological polar surface area (TPSA) is 94.4 Å². The van der Waals surface area contributed by atoms with Gasteiger partial charge in [-0.3, -0.25) is 4.98 Å². The van der Waals surface area contributed by atoms with Crippen LogP contribution >= 0.6 is 0 Å². The van der Waals surface area contributed by atoms with Crippen molar-refractivity contribution in [1.29, 1.82) is 10.5 Å². The molecular weight excluding hydrogens is 362 g/mol. The minimum Gasteiger partial charge on any atom is -0.353 e. The van der Waals surface area contributed by atoms with Crippen molar-refractivity contribution in [2.24, 2.45) is 5.92 Å². The molecule has 2 atom stereocenters. The maximum atomic E-state index is 9.59. The second-order valence-corrected chi connectivity index (χ2v) is 7.69. The number of pyridine rings is 1. The third-order valence-corrected chi connectivity index (χ3v) is 6.07. The lowest BCUT2D eigenvalue weighted by Gasteiger charge is -2.39. The van der Waals surface area contributed by atoms with Gasteiger partial charge in [-0.1, -0.05) is 13.0 Å². The zero-order valence-corrected chi connectivity index (χ0v) is 16.1. The van der Waals surface area contributed by atoms with E-state index in [1.807, 2.05) is 18.3 Å². The highest BCUT2D eigenvalue weighted by Gasteiger charge is 2.31. The molecule has 1 aliphatic heterocycles. The van der Waals surface area contributed by atoms with Crippen molar-refractivity contribution in [1.82, 2.24) is 19.5 Å². The summed E-state index contributed by atoms with van der Waals surface area (Å²) in [7, 11) is 0. The van der Waals surface area contributed by atoms with Gasteiger partial charge in [-0.15, -0.1) is 0 Å². The molecule has 0 spiro atoms. The van der Waals surface area contributed by atoms with Crippen LogP contribution in [-0.2, 0) is 6.42 Å². The summed E-state index contributed by atoms with van der Waals surface area (Å²) < 4.78 is 2.32. The van der Waals surface area contributed by atoms with Crippen LogP contribution in [0.4, 0.5) is 5.82 Å². The Balaban J connectivity index is 1.55. The average Bonchev–Trinajstić information content (AvgIpc) is 3.37. The zero-order valence-electron chi connectivity index (χ0n) is 16.1. The smallest absolute Gasteiger partial charge is 0.158 e. The first kappa shape index (κ1) is 17.4. The Kier molecular flexibility index (Phi) is 4.03. The van der Waals surface area contributed by atoms with Crippen molar-refractivity contribution in [3.05, 3.63) is 53.9 Å². The van der Waals surface area contributed by atoms with Gasteiger partial charge in [-0.05, 0) is 18.4 Å². The van der Waals surface area contributed by atoms with Gasteiger partial charge in [0.05, 0.1) is 41.3 Å². The lowest BCUT2D eigenvalue weighted by Crippen LogP contribution is -2.41. The van der Waals surface area contributed by atoms with E-state index in [9.17, 15) is 5.26 Å². The van der Waals surface area contributed by atoms with Crippen LogP contribution in [0.2, 0.25) is 0 Å². The molecule has 7 nitrogen and oxygen atoms in total. The molecule has 5 rings (SSSR count). The molecule has 3 aromatic heterocycles. The molecule has 0 bridgehead atoms. The second-order valence-electron chi connectivity index (χ2n) is 7.69. The Morgan fingerprint density at radius 1 is 1.10 bits per heavy atom. The SMILES string of the molecule is C[C@@H]1CCN(c2cnc(C#N)cn2)C[C@@H]1n1ccc2cnc3c(c21)C(C#N)=CC3. The first-order valence-corrected chi connectivity index (χ1v) is 9.75. The Morgan fingerprint density at radius 3 is 2.76 bits per heavy atom. The zero-order chi connectivity index (χ0) is 20.0. The molecule has 0 saturated carbocycles. The van der Waals surface area contributed by atoms with E-state index in [2.05, 4.69) is 49.7 Å². The van der Waals surface area contributed by atoms with Crippen LogP contribution in [-0.4, -0.2) is 32.6 Å². The number of rotatable bonds is 2. The number of nitriles is 2. The van der Waals surface area contributed by atoms with E-state index in [0.717, 1.165) is 53.1 Å². The standard InChI is InChI=1S/C22H19N7/c1-14-4-6-28(20-12-25-17(9-24)11-27-20)13-19(14)29-7-5-16-10-26-18-3-2-15(8-23)21(18)22(16)29/h2,5,7,10-12,14,19H,3-4,6,13H2,1H3/t14-,19+/m1/s1. The van der Waals surface area contributed by atoms with E-state index < -0.39 is 0 Å². The summed E-state index contributed by atoms with van der Waals surface area (Å²) in [6, 6.07) is 6.68. The lowest BCUT2D eigenvalue weighted by molar-refractivity contribution is 0.304. The molecule has 1 aliphatic carbocycles. The quantitative estimate of drug-likeness (QED) is 0.676. The van der Waals surface area contributed by atoms with Gasteiger partial charge in [0.2, 0.25) is 0 Å². The molecule has 1 saturated heterocycles. The summed E-state index contributed by atoms with van der Waals surface area (Å²) in [6.45, 7) is 3.98. The minimum atomic E-state index is 0.241. The second kappa shape index (κ2) is 6.72. The van der Waals surface area contributed by atoms with Gasteiger partial charge in [0.15, 0.2) is 5.69 Å². The van der Waals surface area contributed by atoms with Gasteiger partial charge in [0, 0.05) is 42.9 Å². The van der Waals surface area contributed by atoms with E-state index in [1.165, 1.54) is 6.20 Å². The van der Waals surface area contributed by atoms with E-state index >= 15 is 0 Å². The van der Waals surface area contributed by atoms with Crippen molar-refractivity contribution >= 4 is 22.3 Å².